The van der Waals surface area contributed by atoms with Crippen LogP contribution in [0.2, 0.25) is 0 Å². The molecule has 32 heavy (non-hydrogen) atoms. The Bertz CT molecular complexity index is 1740. The maximum atomic E-state index is 13.0. The van der Waals surface area contributed by atoms with E-state index in [1.807, 2.05) is 30.3 Å². The van der Waals surface area contributed by atoms with Crippen LogP contribution >= 0.6 is 0 Å². The van der Waals surface area contributed by atoms with Gasteiger partial charge in [0.05, 0.1) is 6.57 Å². The van der Waals surface area contributed by atoms with Crippen LogP contribution < -0.4 is 21.0 Å². The highest BCUT2D eigenvalue weighted by Gasteiger charge is 2.16. The quantitative estimate of drug-likeness (QED) is 0.158. The van der Waals surface area contributed by atoms with Crippen molar-refractivity contribution in [2.75, 3.05) is 0 Å². The molecule has 0 amide bonds. The Kier molecular flexibility index (Phi) is 4.31. The third kappa shape index (κ3) is 2.69. The van der Waals surface area contributed by atoms with E-state index >= 15 is 0 Å². The Balaban J connectivity index is 1.89. The minimum absolute atomic E-state index is 0.103. The highest BCUT2D eigenvalue weighted by molar-refractivity contribution is 6.24. The van der Waals surface area contributed by atoms with Crippen LogP contribution in [0.5, 0.6) is 5.88 Å². The van der Waals surface area contributed by atoms with E-state index in [0.717, 1.165) is 44.1 Å². The fourth-order valence-corrected chi connectivity index (χ4v) is 4.14. The molecule has 4 aromatic carbocycles. The van der Waals surface area contributed by atoms with Crippen molar-refractivity contribution in [2.45, 2.75) is 0 Å². The second-order valence-corrected chi connectivity index (χ2v) is 7.27. The molecule has 0 saturated heterocycles. The number of hydrogen-bond acceptors (Lipinski definition) is 4. The lowest BCUT2D eigenvalue weighted by Gasteiger charge is -2.12. The van der Waals surface area contributed by atoms with Crippen molar-refractivity contribution in [3.63, 3.8) is 0 Å². The number of aromatic nitrogens is 1. The van der Waals surface area contributed by atoms with E-state index in [1.54, 1.807) is 6.08 Å². The zero-order valence-electron chi connectivity index (χ0n) is 16.8. The van der Waals surface area contributed by atoms with Gasteiger partial charge in [0.25, 0.3) is 11.2 Å². The van der Waals surface area contributed by atoms with Gasteiger partial charge in [0.1, 0.15) is 6.26 Å². The fourth-order valence-electron chi connectivity index (χ4n) is 4.14. The van der Waals surface area contributed by atoms with Crippen LogP contribution in [0.3, 0.4) is 0 Å². The summed E-state index contributed by atoms with van der Waals surface area (Å²) < 4.78 is 0.505. The van der Waals surface area contributed by atoms with Crippen molar-refractivity contribution in [2.24, 2.45) is 0 Å². The molecule has 154 valence electrons. The third-order valence-electron chi connectivity index (χ3n) is 5.59. The van der Waals surface area contributed by atoms with Crippen molar-refractivity contribution >= 4 is 50.7 Å². The molecule has 0 fully saturated rings. The monoisotopic (exact) mass is 420 g/mol. The second kappa shape index (κ2) is 7.18. The molecule has 0 bridgehead atoms. The second-order valence-electron chi connectivity index (χ2n) is 7.27. The summed E-state index contributed by atoms with van der Waals surface area (Å²) in [5.74, 6) is -0.690. The summed E-state index contributed by atoms with van der Waals surface area (Å²) in [6.45, 7) is 14.6. The van der Waals surface area contributed by atoms with Gasteiger partial charge in [-0.05, 0) is 49.2 Å². The summed E-state index contributed by atoms with van der Waals surface area (Å²) >= 11 is 0. The summed E-state index contributed by atoms with van der Waals surface area (Å²) in [7, 11) is 0. The minimum atomic E-state index is -0.715. The number of nitrogens with zero attached hydrogens (tertiary/aromatic N) is 2. The first-order chi connectivity index (χ1) is 15.5. The SMILES string of the molecule is [C-]#[N+]c1c(O)n(OOC=C)c(=O)c(=Cc2ccc3ccc4cccc5ccc2c3c45)c1=C. The molecule has 1 aromatic heterocycles. The molecule has 0 aliphatic rings. The van der Waals surface area contributed by atoms with Gasteiger partial charge in [-0.1, -0.05) is 65.9 Å². The van der Waals surface area contributed by atoms with E-state index in [9.17, 15) is 9.90 Å². The van der Waals surface area contributed by atoms with Gasteiger partial charge >= 0.3 is 0 Å². The molecule has 6 heteroatoms. The highest BCUT2D eigenvalue weighted by atomic mass is 17.3. The van der Waals surface area contributed by atoms with Crippen molar-refractivity contribution in [3.8, 4) is 5.88 Å². The molecule has 1 heterocycles. The lowest BCUT2D eigenvalue weighted by Crippen LogP contribution is -2.46. The summed E-state index contributed by atoms with van der Waals surface area (Å²) in [4.78, 5) is 25.8. The number of aromatic hydroxyl groups is 1. The minimum Gasteiger partial charge on any atom is -0.500 e. The molecule has 0 atom stereocenters. The maximum Gasteiger partial charge on any atom is 0.296 e. The van der Waals surface area contributed by atoms with Crippen LogP contribution in [0.4, 0.5) is 5.69 Å². The first-order valence-corrected chi connectivity index (χ1v) is 9.72. The smallest absolute Gasteiger partial charge is 0.296 e. The van der Waals surface area contributed by atoms with Gasteiger partial charge in [-0.3, -0.25) is 9.68 Å². The van der Waals surface area contributed by atoms with Gasteiger partial charge in [-0.25, -0.2) is 4.85 Å². The molecular weight excluding hydrogens is 404 g/mol. The molecule has 1 N–H and O–H groups in total. The van der Waals surface area contributed by atoms with Crippen molar-refractivity contribution in [1.82, 2.24) is 4.73 Å². The molecule has 0 spiro atoms. The Morgan fingerprint density at radius 3 is 2.34 bits per heavy atom. The number of benzene rings is 4. The largest absolute Gasteiger partial charge is 0.500 e. The Morgan fingerprint density at radius 1 is 1.00 bits per heavy atom. The third-order valence-corrected chi connectivity index (χ3v) is 5.59. The van der Waals surface area contributed by atoms with E-state index in [-0.39, 0.29) is 16.1 Å². The molecule has 6 nitrogen and oxygen atoms in total. The summed E-state index contributed by atoms with van der Waals surface area (Å²) in [5, 5.41) is 17.0. The molecule has 5 rings (SSSR count). The van der Waals surface area contributed by atoms with Crippen molar-refractivity contribution in [1.29, 1.82) is 0 Å². The lowest BCUT2D eigenvalue weighted by molar-refractivity contribution is -0.254. The molecule has 5 aromatic rings. The van der Waals surface area contributed by atoms with E-state index in [0.29, 0.717) is 4.73 Å². The Morgan fingerprint density at radius 2 is 1.66 bits per heavy atom. The van der Waals surface area contributed by atoms with Crippen molar-refractivity contribution in [3.05, 3.63) is 105 Å². The average Bonchev–Trinajstić information content (AvgIpc) is 2.81. The first-order valence-electron chi connectivity index (χ1n) is 9.72. The molecule has 0 aliphatic heterocycles. The van der Waals surface area contributed by atoms with Gasteiger partial charge in [-0.15, -0.1) is 6.58 Å². The Labute approximate surface area is 181 Å². The lowest BCUT2D eigenvalue weighted by atomic mass is 9.92. The average molecular weight is 420 g/mol. The van der Waals surface area contributed by atoms with Crippen LogP contribution in [0.25, 0.3) is 49.8 Å². The molecule has 0 radical (unpaired) electrons. The molecular formula is C26H16N2O4. The predicted molar refractivity (Wildman–Crippen MR) is 125 cm³/mol. The van der Waals surface area contributed by atoms with Crippen LogP contribution in [-0.2, 0) is 4.89 Å². The fraction of sp³-hybridized carbons (Fsp3) is 0. The number of pyridine rings is 1. The van der Waals surface area contributed by atoms with Gasteiger partial charge in [-0.2, -0.15) is 4.99 Å². The number of rotatable bonds is 4. The zero-order valence-corrected chi connectivity index (χ0v) is 16.8. The zero-order chi connectivity index (χ0) is 22.4. The van der Waals surface area contributed by atoms with Crippen LogP contribution in [0, 0.1) is 6.57 Å². The van der Waals surface area contributed by atoms with E-state index in [1.165, 1.54) is 0 Å². The van der Waals surface area contributed by atoms with Crippen LogP contribution in [0.1, 0.15) is 5.56 Å². The topological polar surface area (TPSA) is 65.1 Å². The van der Waals surface area contributed by atoms with Gasteiger partial charge in [0.15, 0.2) is 0 Å². The molecule has 0 unspecified atom stereocenters. The Hall–Kier alpha value is -4.76. The van der Waals surface area contributed by atoms with E-state index in [2.05, 4.69) is 47.2 Å². The van der Waals surface area contributed by atoms with Crippen molar-refractivity contribution < 1.29 is 15.0 Å². The maximum absolute atomic E-state index is 13.0. The highest BCUT2D eigenvalue weighted by Crippen LogP contribution is 2.36. The summed E-state index contributed by atoms with van der Waals surface area (Å²) in [6, 6.07) is 18.3. The summed E-state index contributed by atoms with van der Waals surface area (Å²) in [5.41, 5.74) is -0.149. The van der Waals surface area contributed by atoms with E-state index in [4.69, 9.17) is 11.6 Å². The summed E-state index contributed by atoms with van der Waals surface area (Å²) in [6.07, 6.45) is 2.60. The first kappa shape index (κ1) is 19.2. The van der Waals surface area contributed by atoms with E-state index < -0.39 is 11.4 Å². The van der Waals surface area contributed by atoms with Crippen LogP contribution in [0.15, 0.2) is 72.2 Å². The van der Waals surface area contributed by atoms with Crippen LogP contribution in [-0.4, -0.2) is 9.84 Å². The predicted octanol–water partition coefficient (Wildman–Crippen LogP) is 3.74. The van der Waals surface area contributed by atoms with Gasteiger partial charge in [0, 0.05) is 5.22 Å². The van der Waals surface area contributed by atoms with Gasteiger partial charge in [0.2, 0.25) is 5.88 Å². The van der Waals surface area contributed by atoms with Gasteiger partial charge < -0.3 is 5.11 Å². The standard InChI is InChI=1S/C26H16N2O4/c1-4-31-32-28-25(29)21(15(2)24(27-3)26(28)30)14-19-11-10-18-9-8-16-6-5-7-17-12-13-20(19)23(18)22(16)17/h4-14,30H,1-2H2. The normalized spacial score (nSPS) is 11.8. The molecule has 0 saturated carbocycles. The number of hydrogen-bond donors (Lipinski definition) is 1. The molecule has 0 aliphatic carbocycles.